The lowest BCUT2D eigenvalue weighted by Crippen LogP contribution is -1.89. The highest BCUT2D eigenvalue weighted by Crippen LogP contribution is 2.34. The van der Waals surface area contributed by atoms with E-state index in [2.05, 4.69) is 18.7 Å². The van der Waals surface area contributed by atoms with Crippen LogP contribution in [-0.2, 0) is 0 Å². The van der Waals surface area contributed by atoms with Gasteiger partial charge in [0, 0.05) is 26.0 Å². The molecule has 2 N–H and O–H groups in total. The third-order valence-corrected chi connectivity index (χ3v) is 3.45. The van der Waals surface area contributed by atoms with Gasteiger partial charge in [-0.25, -0.2) is 0 Å². The van der Waals surface area contributed by atoms with Crippen LogP contribution in [0, 0.1) is 6.92 Å². The first-order chi connectivity index (χ1) is 5.70. The van der Waals surface area contributed by atoms with Crippen molar-refractivity contribution < 1.29 is 0 Å². The molecule has 0 atom stereocenters. The molecule has 0 spiro atoms. The van der Waals surface area contributed by atoms with Gasteiger partial charge in [-0.3, -0.25) is 0 Å². The van der Waals surface area contributed by atoms with Crippen LogP contribution in [0.1, 0.15) is 5.56 Å². The van der Waals surface area contributed by atoms with E-state index >= 15 is 0 Å². The zero-order valence-electron chi connectivity index (χ0n) is 6.66. The van der Waals surface area contributed by atoms with E-state index in [0.717, 1.165) is 21.5 Å². The molecule has 62 valence electrons. The number of rotatable bonds is 0. The number of nitrogen functional groups attached to an aromatic ring is 1. The lowest BCUT2D eigenvalue weighted by molar-refractivity contribution is 1.50. The van der Waals surface area contributed by atoms with Gasteiger partial charge in [0.15, 0.2) is 0 Å². The summed E-state index contributed by atoms with van der Waals surface area (Å²) >= 11 is 6.03. The molecule has 0 aliphatic heterocycles. The Bertz CT molecular complexity index is 431. The van der Waals surface area contributed by atoms with E-state index < -0.39 is 0 Å². The summed E-state index contributed by atoms with van der Waals surface area (Å²) in [4.78, 5) is 0.983. The fourth-order valence-corrected chi connectivity index (χ4v) is 2.56. The quantitative estimate of drug-likeness (QED) is 0.490. The van der Waals surface area contributed by atoms with Crippen LogP contribution in [0.15, 0.2) is 22.4 Å². The summed E-state index contributed by atoms with van der Waals surface area (Å²) in [6.07, 6.45) is 0. The molecular weight excluding hydrogens is 186 g/mol. The molecule has 0 saturated carbocycles. The van der Waals surface area contributed by atoms with Crippen molar-refractivity contribution in [2.75, 3.05) is 5.73 Å². The average molecular weight is 195 g/mol. The molecule has 0 saturated heterocycles. The van der Waals surface area contributed by atoms with Crippen LogP contribution < -0.4 is 5.73 Å². The second-order valence-corrected chi connectivity index (χ2v) is 4.18. The van der Waals surface area contributed by atoms with E-state index in [1.807, 2.05) is 18.4 Å². The first-order valence-corrected chi connectivity index (χ1v) is 4.98. The zero-order valence-corrected chi connectivity index (χ0v) is 8.38. The molecule has 1 aromatic carbocycles. The van der Waals surface area contributed by atoms with Gasteiger partial charge in [0.1, 0.15) is 0 Å². The predicted molar refractivity (Wildman–Crippen MR) is 58.2 cm³/mol. The molecule has 0 unspecified atom stereocenters. The summed E-state index contributed by atoms with van der Waals surface area (Å²) in [6, 6.07) is 4.13. The molecule has 3 heteroatoms. The number of thiol groups is 1. The molecule has 0 radical (unpaired) electrons. The number of anilines is 1. The van der Waals surface area contributed by atoms with Crippen molar-refractivity contribution in [3.63, 3.8) is 0 Å². The molecule has 1 nitrogen and oxygen atoms in total. The van der Waals surface area contributed by atoms with Crippen LogP contribution in [0.3, 0.4) is 0 Å². The SMILES string of the molecule is Cc1ccc2scc(S)c2c1N. The van der Waals surface area contributed by atoms with Crippen molar-refractivity contribution in [3.8, 4) is 0 Å². The van der Waals surface area contributed by atoms with Gasteiger partial charge in [0.2, 0.25) is 0 Å². The third-order valence-electron chi connectivity index (χ3n) is 1.98. The van der Waals surface area contributed by atoms with Crippen LogP contribution in [-0.4, -0.2) is 0 Å². The molecule has 1 aromatic heterocycles. The van der Waals surface area contributed by atoms with Gasteiger partial charge in [-0.1, -0.05) is 6.07 Å². The number of hydrogen-bond donors (Lipinski definition) is 2. The van der Waals surface area contributed by atoms with Crippen molar-refractivity contribution in [3.05, 3.63) is 23.1 Å². The Morgan fingerprint density at radius 2 is 2.17 bits per heavy atom. The Balaban J connectivity index is 2.96. The Hall–Kier alpha value is -0.670. The topological polar surface area (TPSA) is 26.0 Å². The molecule has 12 heavy (non-hydrogen) atoms. The van der Waals surface area contributed by atoms with Gasteiger partial charge < -0.3 is 5.73 Å². The lowest BCUT2D eigenvalue weighted by atomic mass is 10.1. The van der Waals surface area contributed by atoms with E-state index in [9.17, 15) is 0 Å². The lowest BCUT2D eigenvalue weighted by Gasteiger charge is -2.01. The highest BCUT2D eigenvalue weighted by atomic mass is 32.1. The third kappa shape index (κ3) is 1.01. The second-order valence-electron chi connectivity index (χ2n) is 2.79. The fourth-order valence-electron chi connectivity index (χ4n) is 1.24. The minimum absolute atomic E-state index is 0.860. The normalized spacial score (nSPS) is 10.8. The van der Waals surface area contributed by atoms with Gasteiger partial charge in [0.05, 0.1) is 0 Å². The number of fused-ring (bicyclic) bond motifs is 1. The summed E-state index contributed by atoms with van der Waals surface area (Å²) in [6.45, 7) is 2.01. The minimum Gasteiger partial charge on any atom is -0.398 e. The van der Waals surface area contributed by atoms with Crippen molar-refractivity contribution in [1.29, 1.82) is 0 Å². The number of aryl methyl sites for hydroxylation is 1. The standard InChI is InChI=1S/C9H9NS2/c1-5-2-3-7-8(9(5)10)6(11)4-12-7/h2-4,11H,10H2,1H3. The van der Waals surface area contributed by atoms with Crippen molar-refractivity contribution in [2.24, 2.45) is 0 Å². The van der Waals surface area contributed by atoms with Crippen LogP contribution in [0.5, 0.6) is 0 Å². The van der Waals surface area contributed by atoms with E-state index in [1.165, 1.54) is 4.70 Å². The van der Waals surface area contributed by atoms with E-state index in [4.69, 9.17) is 5.73 Å². The first-order valence-electron chi connectivity index (χ1n) is 3.65. The molecule has 0 fully saturated rings. The molecule has 0 bridgehead atoms. The average Bonchev–Trinajstić information content (AvgIpc) is 2.41. The molecule has 2 aromatic rings. The molecule has 0 aliphatic rings. The summed E-state index contributed by atoms with van der Waals surface area (Å²) in [5, 5.41) is 3.12. The van der Waals surface area contributed by atoms with Gasteiger partial charge in [-0.05, 0) is 18.6 Å². The van der Waals surface area contributed by atoms with Crippen LogP contribution in [0.4, 0.5) is 5.69 Å². The minimum atomic E-state index is 0.860. The van der Waals surface area contributed by atoms with E-state index in [1.54, 1.807) is 11.3 Å². The van der Waals surface area contributed by atoms with Gasteiger partial charge in [-0.2, -0.15) is 0 Å². The Labute approximate surface area is 80.6 Å². The monoisotopic (exact) mass is 195 g/mol. The first kappa shape index (κ1) is 7.95. The molecular formula is C9H9NS2. The number of nitrogens with two attached hydrogens (primary N) is 1. The summed E-state index contributed by atoms with van der Waals surface area (Å²) in [7, 11) is 0. The number of benzene rings is 1. The maximum absolute atomic E-state index is 5.92. The van der Waals surface area contributed by atoms with Gasteiger partial charge in [-0.15, -0.1) is 24.0 Å². The summed E-state index contributed by atoms with van der Waals surface area (Å²) in [5.74, 6) is 0. The zero-order chi connectivity index (χ0) is 8.72. The molecule has 0 aliphatic carbocycles. The maximum atomic E-state index is 5.92. The Morgan fingerprint density at radius 1 is 1.42 bits per heavy atom. The van der Waals surface area contributed by atoms with Gasteiger partial charge >= 0.3 is 0 Å². The molecule has 0 amide bonds. The smallest absolute Gasteiger partial charge is 0.0443 e. The predicted octanol–water partition coefficient (Wildman–Crippen LogP) is 3.08. The Morgan fingerprint density at radius 3 is 2.92 bits per heavy atom. The number of hydrogen-bond acceptors (Lipinski definition) is 3. The van der Waals surface area contributed by atoms with Gasteiger partial charge in [0.25, 0.3) is 0 Å². The number of thiophene rings is 1. The van der Waals surface area contributed by atoms with Crippen LogP contribution >= 0.6 is 24.0 Å². The van der Waals surface area contributed by atoms with Crippen molar-refractivity contribution >= 4 is 39.7 Å². The van der Waals surface area contributed by atoms with E-state index in [0.29, 0.717) is 0 Å². The van der Waals surface area contributed by atoms with Crippen LogP contribution in [0.2, 0.25) is 0 Å². The fraction of sp³-hybridized carbons (Fsp3) is 0.111. The summed E-state index contributed by atoms with van der Waals surface area (Å²) in [5.41, 5.74) is 7.90. The summed E-state index contributed by atoms with van der Waals surface area (Å²) < 4.78 is 1.21. The highest BCUT2D eigenvalue weighted by molar-refractivity contribution is 7.80. The Kier molecular flexibility index (Phi) is 1.77. The highest BCUT2D eigenvalue weighted by Gasteiger charge is 2.05. The largest absolute Gasteiger partial charge is 0.398 e. The van der Waals surface area contributed by atoms with Crippen molar-refractivity contribution in [1.82, 2.24) is 0 Å². The maximum Gasteiger partial charge on any atom is 0.0443 e. The molecule has 2 rings (SSSR count). The van der Waals surface area contributed by atoms with Crippen molar-refractivity contribution in [2.45, 2.75) is 11.8 Å². The van der Waals surface area contributed by atoms with Crippen LogP contribution in [0.25, 0.3) is 10.1 Å². The molecule has 1 heterocycles. The van der Waals surface area contributed by atoms with E-state index in [-0.39, 0.29) is 0 Å². The second kappa shape index (κ2) is 2.68.